The molecule has 0 unspecified atom stereocenters. The van der Waals surface area contributed by atoms with E-state index in [0.29, 0.717) is 18.8 Å². The highest BCUT2D eigenvalue weighted by molar-refractivity contribution is 5.92. The van der Waals surface area contributed by atoms with Gasteiger partial charge in [0.25, 0.3) is 5.91 Å². The van der Waals surface area contributed by atoms with E-state index in [-0.39, 0.29) is 11.3 Å². The van der Waals surface area contributed by atoms with Gasteiger partial charge in [0.05, 0.1) is 12.8 Å². The topological polar surface area (TPSA) is 65.6 Å². The number of pyridine rings is 1. The highest BCUT2D eigenvalue weighted by Gasteiger charge is 2.24. The SMILES string of the molecule is COc1ccccc1N1CCN(C(=O)c2cc(=O)cc[nH]2)CC1. The largest absolute Gasteiger partial charge is 0.495 e. The number of rotatable bonds is 3. The first-order chi connectivity index (χ1) is 11.2. The molecule has 6 heteroatoms. The van der Waals surface area contributed by atoms with Crippen molar-refractivity contribution in [3.63, 3.8) is 0 Å². The molecule has 0 bridgehead atoms. The van der Waals surface area contributed by atoms with Gasteiger partial charge in [-0.2, -0.15) is 0 Å². The zero-order valence-corrected chi connectivity index (χ0v) is 13.0. The molecule has 1 amide bonds. The fourth-order valence-electron chi connectivity index (χ4n) is 2.78. The molecule has 6 nitrogen and oxygen atoms in total. The van der Waals surface area contributed by atoms with Crippen molar-refractivity contribution in [2.24, 2.45) is 0 Å². The quantitative estimate of drug-likeness (QED) is 0.929. The van der Waals surface area contributed by atoms with Crippen LogP contribution in [-0.4, -0.2) is 49.1 Å². The molecule has 0 saturated carbocycles. The van der Waals surface area contributed by atoms with Crippen LogP contribution in [0.3, 0.4) is 0 Å². The molecule has 0 atom stereocenters. The van der Waals surface area contributed by atoms with Gasteiger partial charge in [0.2, 0.25) is 0 Å². The van der Waals surface area contributed by atoms with Crippen LogP contribution in [0.5, 0.6) is 5.75 Å². The van der Waals surface area contributed by atoms with Crippen molar-refractivity contribution in [2.45, 2.75) is 0 Å². The molecule has 120 valence electrons. The van der Waals surface area contributed by atoms with Crippen LogP contribution >= 0.6 is 0 Å². The van der Waals surface area contributed by atoms with Crippen molar-refractivity contribution in [1.29, 1.82) is 0 Å². The first-order valence-electron chi connectivity index (χ1n) is 7.55. The van der Waals surface area contributed by atoms with Crippen LogP contribution < -0.4 is 15.1 Å². The number of hydrogen-bond donors (Lipinski definition) is 1. The van der Waals surface area contributed by atoms with E-state index >= 15 is 0 Å². The molecule has 23 heavy (non-hydrogen) atoms. The van der Waals surface area contributed by atoms with Gasteiger partial charge in [0.1, 0.15) is 11.4 Å². The van der Waals surface area contributed by atoms with Gasteiger partial charge in [-0.05, 0) is 12.1 Å². The van der Waals surface area contributed by atoms with Gasteiger partial charge in [0, 0.05) is 44.5 Å². The van der Waals surface area contributed by atoms with Gasteiger partial charge in [-0.3, -0.25) is 9.59 Å². The number of H-pyrrole nitrogens is 1. The summed E-state index contributed by atoms with van der Waals surface area (Å²) < 4.78 is 5.39. The second kappa shape index (κ2) is 6.56. The van der Waals surface area contributed by atoms with E-state index in [1.807, 2.05) is 24.3 Å². The van der Waals surface area contributed by atoms with Crippen LogP contribution in [0.15, 0.2) is 47.4 Å². The van der Waals surface area contributed by atoms with Crippen molar-refractivity contribution in [3.8, 4) is 5.75 Å². The lowest BCUT2D eigenvalue weighted by Crippen LogP contribution is -2.49. The third-order valence-corrected chi connectivity index (χ3v) is 4.00. The average molecular weight is 313 g/mol. The van der Waals surface area contributed by atoms with E-state index in [2.05, 4.69) is 9.88 Å². The molecule has 1 aliphatic heterocycles. The van der Waals surface area contributed by atoms with Crippen LogP contribution in [0.2, 0.25) is 0 Å². The molecule has 1 saturated heterocycles. The van der Waals surface area contributed by atoms with E-state index in [1.54, 1.807) is 12.0 Å². The first-order valence-corrected chi connectivity index (χ1v) is 7.55. The van der Waals surface area contributed by atoms with Crippen molar-refractivity contribution in [3.05, 3.63) is 58.5 Å². The first kappa shape index (κ1) is 15.1. The van der Waals surface area contributed by atoms with Gasteiger partial charge in [-0.1, -0.05) is 12.1 Å². The lowest BCUT2D eigenvalue weighted by Gasteiger charge is -2.36. The number of amides is 1. The summed E-state index contributed by atoms with van der Waals surface area (Å²) in [6.07, 6.45) is 1.50. The number of carbonyl (C=O) groups is 1. The monoisotopic (exact) mass is 313 g/mol. The molecule has 0 aliphatic carbocycles. The van der Waals surface area contributed by atoms with Crippen molar-refractivity contribution in [2.75, 3.05) is 38.2 Å². The van der Waals surface area contributed by atoms with Crippen molar-refractivity contribution >= 4 is 11.6 Å². The third kappa shape index (κ3) is 3.21. The molecular weight excluding hydrogens is 294 g/mol. The Balaban J connectivity index is 1.69. The minimum atomic E-state index is -0.167. The van der Waals surface area contributed by atoms with Crippen molar-refractivity contribution < 1.29 is 9.53 Å². The summed E-state index contributed by atoms with van der Waals surface area (Å²) in [5, 5.41) is 0. The lowest BCUT2D eigenvalue weighted by atomic mass is 10.2. The average Bonchev–Trinajstić information content (AvgIpc) is 2.61. The number of para-hydroxylation sites is 2. The number of benzene rings is 1. The molecule has 0 radical (unpaired) electrons. The Bertz CT molecular complexity index is 748. The maximum absolute atomic E-state index is 12.4. The zero-order valence-electron chi connectivity index (χ0n) is 13.0. The van der Waals surface area contributed by atoms with Crippen LogP contribution in [0.4, 0.5) is 5.69 Å². The minimum Gasteiger partial charge on any atom is -0.495 e. The number of nitrogens with one attached hydrogen (secondary N) is 1. The highest BCUT2D eigenvalue weighted by Crippen LogP contribution is 2.28. The molecule has 0 spiro atoms. The lowest BCUT2D eigenvalue weighted by molar-refractivity contribution is 0.0740. The maximum Gasteiger partial charge on any atom is 0.270 e. The number of hydrogen-bond acceptors (Lipinski definition) is 4. The van der Waals surface area contributed by atoms with Gasteiger partial charge in [-0.15, -0.1) is 0 Å². The second-order valence-electron chi connectivity index (χ2n) is 5.39. The fraction of sp³-hybridized carbons (Fsp3) is 0.294. The van der Waals surface area contributed by atoms with Crippen LogP contribution in [-0.2, 0) is 0 Å². The number of aromatic amines is 1. The normalized spacial score (nSPS) is 14.7. The molecule has 1 fully saturated rings. The minimum absolute atomic E-state index is 0.137. The number of nitrogens with zero attached hydrogens (tertiary/aromatic N) is 2. The van der Waals surface area contributed by atoms with Crippen LogP contribution in [0.25, 0.3) is 0 Å². The summed E-state index contributed by atoms with van der Waals surface area (Å²) in [5.41, 5.74) is 1.21. The Hall–Kier alpha value is -2.76. The van der Waals surface area contributed by atoms with E-state index < -0.39 is 0 Å². The molecule has 1 N–H and O–H groups in total. The fourth-order valence-corrected chi connectivity index (χ4v) is 2.78. The Morgan fingerprint density at radius 1 is 1.13 bits per heavy atom. The predicted molar refractivity (Wildman–Crippen MR) is 88.2 cm³/mol. The van der Waals surface area contributed by atoms with Crippen LogP contribution in [0.1, 0.15) is 10.5 Å². The molecule has 1 aromatic carbocycles. The number of carbonyl (C=O) groups excluding carboxylic acids is 1. The summed E-state index contributed by atoms with van der Waals surface area (Å²) in [5.74, 6) is 0.696. The highest BCUT2D eigenvalue weighted by atomic mass is 16.5. The Labute approximate surface area is 134 Å². The summed E-state index contributed by atoms with van der Waals surface area (Å²) in [6.45, 7) is 2.66. The maximum atomic E-state index is 12.4. The van der Waals surface area contributed by atoms with Crippen molar-refractivity contribution in [1.82, 2.24) is 9.88 Å². The van der Waals surface area contributed by atoms with E-state index in [1.165, 1.54) is 18.3 Å². The molecule has 1 aromatic heterocycles. The Morgan fingerprint density at radius 3 is 2.57 bits per heavy atom. The molecule has 2 aromatic rings. The van der Waals surface area contributed by atoms with E-state index in [4.69, 9.17) is 4.74 Å². The van der Waals surface area contributed by atoms with Gasteiger partial charge in [-0.25, -0.2) is 0 Å². The van der Waals surface area contributed by atoms with Gasteiger partial charge in [0.15, 0.2) is 5.43 Å². The standard InChI is InChI=1S/C17H19N3O3/c1-23-16-5-3-2-4-15(16)19-8-10-20(11-9-19)17(22)14-12-13(21)6-7-18-14/h2-7,12H,8-11H2,1H3,(H,18,21). The molecule has 1 aliphatic rings. The summed E-state index contributed by atoms with van der Waals surface area (Å²) in [7, 11) is 1.66. The number of ether oxygens (including phenoxy) is 1. The molecular formula is C17H19N3O3. The molecule has 2 heterocycles. The van der Waals surface area contributed by atoms with E-state index in [0.717, 1.165) is 24.5 Å². The number of piperazine rings is 1. The van der Waals surface area contributed by atoms with Gasteiger partial charge < -0.3 is 19.5 Å². The summed E-state index contributed by atoms with van der Waals surface area (Å²) in [6, 6.07) is 10.6. The Kier molecular flexibility index (Phi) is 4.32. The van der Waals surface area contributed by atoms with Gasteiger partial charge >= 0.3 is 0 Å². The number of methoxy groups -OCH3 is 1. The summed E-state index contributed by atoms with van der Waals surface area (Å²) in [4.78, 5) is 30.6. The number of anilines is 1. The second-order valence-corrected chi connectivity index (χ2v) is 5.39. The number of aromatic nitrogens is 1. The predicted octanol–water partition coefficient (Wildman–Crippen LogP) is 1.35. The third-order valence-electron chi connectivity index (χ3n) is 4.00. The smallest absolute Gasteiger partial charge is 0.270 e. The van der Waals surface area contributed by atoms with E-state index in [9.17, 15) is 9.59 Å². The molecule has 3 rings (SSSR count). The zero-order chi connectivity index (χ0) is 16.2. The Morgan fingerprint density at radius 2 is 1.87 bits per heavy atom. The summed E-state index contributed by atoms with van der Waals surface area (Å²) >= 11 is 0. The van der Waals surface area contributed by atoms with Crippen LogP contribution in [0, 0.1) is 0 Å².